The molecule has 0 amide bonds. The van der Waals surface area contributed by atoms with E-state index in [9.17, 15) is 8.78 Å². The van der Waals surface area contributed by atoms with Crippen LogP contribution in [0.25, 0.3) is 0 Å². The maximum atomic E-state index is 14.6. The molecule has 154 valence electrons. The van der Waals surface area contributed by atoms with Crippen LogP contribution < -0.4 is 16.1 Å². The van der Waals surface area contributed by atoms with E-state index in [0.29, 0.717) is 19.6 Å². The summed E-state index contributed by atoms with van der Waals surface area (Å²) >= 11 is 10.9. The first kappa shape index (κ1) is 21.4. The maximum Gasteiger partial charge on any atom is 0.184 e. The van der Waals surface area contributed by atoms with Crippen LogP contribution in [0.15, 0.2) is 41.5 Å². The van der Waals surface area contributed by atoms with Crippen LogP contribution in [-0.4, -0.2) is 42.4 Å². The van der Waals surface area contributed by atoms with Crippen molar-refractivity contribution in [3.63, 3.8) is 0 Å². The summed E-state index contributed by atoms with van der Waals surface area (Å²) < 4.78 is 29.0. The normalized spacial score (nSPS) is 16.7. The molecule has 0 aromatic heterocycles. The molecule has 0 saturated carbocycles. The molecule has 0 spiro atoms. The van der Waals surface area contributed by atoms with Crippen LogP contribution in [-0.2, 0) is 6.54 Å². The summed E-state index contributed by atoms with van der Waals surface area (Å²) in [6, 6.07) is 10.2. The predicted molar refractivity (Wildman–Crippen MR) is 117 cm³/mol. The van der Waals surface area contributed by atoms with E-state index in [1.54, 1.807) is 0 Å². The number of halogens is 3. The monoisotopic (exact) mass is 437 g/mol. The van der Waals surface area contributed by atoms with E-state index < -0.39 is 11.6 Å². The fourth-order valence-corrected chi connectivity index (χ4v) is 3.65. The van der Waals surface area contributed by atoms with Crippen LogP contribution in [0.3, 0.4) is 0 Å². The van der Waals surface area contributed by atoms with Crippen LogP contribution in [0, 0.1) is 11.6 Å². The lowest BCUT2D eigenvalue weighted by atomic mass is 10.1. The van der Waals surface area contributed by atoms with Gasteiger partial charge in [-0.25, -0.2) is 8.78 Å². The van der Waals surface area contributed by atoms with Crippen molar-refractivity contribution in [2.75, 3.05) is 25.0 Å². The first-order valence-corrected chi connectivity index (χ1v) is 9.90. The molecule has 1 fully saturated rings. The molecule has 3 rings (SSSR count). The van der Waals surface area contributed by atoms with Gasteiger partial charge in [0.1, 0.15) is 11.6 Å². The number of nitrogens with two attached hydrogens (primary N) is 1. The topological polar surface area (TPSA) is 56.9 Å². The van der Waals surface area contributed by atoms with E-state index in [0.717, 1.165) is 29.3 Å². The zero-order chi connectivity index (χ0) is 21.0. The highest BCUT2D eigenvalue weighted by atomic mass is 35.5. The molecule has 1 atom stereocenters. The van der Waals surface area contributed by atoms with Crippen LogP contribution in [0.2, 0.25) is 5.02 Å². The second-order valence-corrected chi connectivity index (χ2v) is 7.80. The molecule has 29 heavy (non-hydrogen) atoms. The van der Waals surface area contributed by atoms with E-state index in [2.05, 4.69) is 27.6 Å². The number of hydrogen-bond acceptors (Lipinski definition) is 4. The van der Waals surface area contributed by atoms with Crippen molar-refractivity contribution in [1.82, 2.24) is 10.3 Å². The molecule has 0 bridgehead atoms. The molecule has 0 unspecified atom stereocenters. The number of hydrazone groups is 1. The van der Waals surface area contributed by atoms with Crippen molar-refractivity contribution in [3.8, 4) is 0 Å². The molecule has 1 aliphatic heterocycles. The third-order valence-corrected chi connectivity index (χ3v) is 5.41. The Morgan fingerprint density at radius 1 is 1.38 bits per heavy atom. The third-order valence-electron chi connectivity index (χ3n) is 4.95. The molecule has 1 heterocycles. The van der Waals surface area contributed by atoms with Gasteiger partial charge in [0.15, 0.2) is 5.11 Å². The molecule has 2 aromatic carbocycles. The van der Waals surface area contributed by atoms with Crippen molar-refractivity contribution in [1.29, 1.82) is 0 Å². The average molecular weight is 438 g/mol. The largest absolute Gasteiger partial charge is 0.375 e. The number of likely N-dealkylation sites (N-methyl/N-ethyl adjacent to an activating group) is 1. The standard InChI is InChI=1S/C20H22ClF2N5S/c1-27(11-13-4-2-3-5-16(13)21)15-6-7-28(12-15)19-9-17(22)14(8-18(19)23)10-25-26-20(24)29/h2-5,8-10,15H,6-7,11-12H2,1H3,(H3,24,26,29)/t15-/m1/s1. The number of nitrogens with one attached hydrogen (secondary N) is 1. The minimum atomic E-state index is -0.567. The summed E-state index contributed by atoms with van der Waals surface area (Å²) in [5.74, 6) is -1.07. The summed E-state index contributed by atoms with van der Waals surface area (Å²) in [4.78, 5) is 4.05. The maximum absolute atomic E-state index is 14.6. The van der Waals surface area contributed by atoms with E-state index in [4.69, 9.17) is 17.3 Å². The first-order valence-electron chi connectivity index (χ1n) is 9.11. The Hall–Kier alpha value is -2.29. The summed E-state index contributed by atoms with van der Waals surface area (Å²) in [6.07, 6.45) is 1.99. The Morgan fingerprint density at radius 2 is 2.14 bits per heavy atom. The van der Waals surface area contributed by atoms with E-state index in [1.807, 2.05) is 36.2 Å². The van der Waals surface area contributed by atoms with Crippen LogP contribution in [0.5, 0.6) is 0 Å². The first-order chi connectivity index (χ1) is 13.8. The van der Waals surface area contributed by atoms with E-state index in [1.165, 1.54) is 6.07 Å². The molecule has 0 aliphatic carbocycles. The molecular formula is C20H22ClF2N5S. The van der Waals surface area contributed by atoms with Gasteiger partial charge in [0.05, 0.1) is 11.9 Å². The fraction of sp³-hybridized carbons (Fsp3) is 0.300. The second kappa shape index (κ2) is 9.47. The molecule has 1 saturated heterocycles. The molecule has 0 radical (unpaired) electrons. The quantitative estimate of drug-likeness (QED) is 0.411. The SMILES string of the molecule is CN(Cc1ccccc1Cl)[C@@H]1CCN(c2cc(F)c(C=NNC(N)=S)cc2F)C1. The molecule has 1 aliphatic rings. The number of benzene rings is 2. The van der Waals surface area contributed by atoms with Gasteiger partial charge in [-0.2, -0.15) is 5.10 Å². The van der Waals surface area contributed by atoms with E-state index >= 15 is 0 Å². The van der Waals surface area contributed by atoms with Gasteiger partial charge < -0.3 is 10.6 Å². The van der Waals surface area contributed by atoms with Gasteiger partial charge in [-0.05, 0) is 43.4 Å². The van der Waals surface area contributed by atoms with Crippen molar-refractivity contribution < 1.29 is 8.78 Å². The number of anilines is 1. The Morgan fingerprint density at radius 3 is 2.86 bits per heavy atom. The Labute approximate surface area is 179 Å². The Kier molecular flexibility index (Phi) is 7.00. The van der Waals surface area contributed by atoms with Gasteiger partial charge in [-0.1, -0.05) is 29.8 Å². The Bertz CT molecular complexity index is 924. The fourth-order valence-electron chi connectivity index (χ4n) is 3.40. The minimum Gasteiger partial charge on any atom is -0.375 e. The smallest absolute Gasteiger partial charge is 0.184 e. The summed E-state index contributed by atoms with van der Waals surface area (Å²) in [6.45, 7) is 1.94. The Balaban J connectivity index is 1.68. The molecule has 9 heteroatoms. The van der Waals surface area contributed by atoms with Crippen LogP contribution in [0.4, 0.5) is 14.5 Å². The molecule has 2 aromatic rings. The summed E-state index contributed by atoms with van der Waals surface area (Å²) in [7, 11) is 2.02. The summed E-state index contributed by atoms with van der Waals surface area (Å²) in [5.41, 5.74) is 8.87. The molecular weight excluding hydrogens is 416 g/mol. The number of rotatable bonds is 6. The lowest BCUT2D eigenvalue weighted by Gasteiger charge is -2.26. The van der Waals surface area contributed by atoms with Crippen LogP contribution in [0.1, 0.15) is 17.5 Å². The van der Waals surface area contributed by atoms with Gasteiger partial charge in [0, 0.05) is 42.3 Å². The minimum absolute atomic E-state index is 0.0154. The van der Waals surface area contributed by atoms with Crippen molar-refractivity contribution >= 4 is 40.8 Å². The van der Waals surface area contributed by atoms with E-state index in [-0.39, 0.29) is 22.4 Å². The van der Waals surface area contributed by atoms with Gasteiger partial charge >= 0.3 is 0 Å². The second-order valence-electron chi connectivity index (χ2n) is 6.95. The lowest BCUT2D eigenvalue weighted by Crippen LogP contribution is -2.34. The zero-order valence-electron chi connectivity index (χ0n) is 15.9. The van der Waals surface area contributed by atoms with Gasteiger partial charge in [0.2, 0.25) is 0 Å². The number of thiocarbonyl (C=S) groups is 1. The predicted octanol–water partition coefficient (Wildman–Crippen LogP) is 3.50. The van der Waals surface area contributed by atoms with Gasteiger partial charge in [-0.15, -0.1) is 0 Å². The van der Waals surface area contributed by atoms with Gasteiger partial charge in [-0.3, -0.25) is 10.3 Å². The highest BCUT2D eigenvalue weighted by molar-refractivity contribution is 7.80. The van der Waals surface area contributed by atoms with Crippen molar-refractivity contribution in [3.05, 3.63) is 64.2 Å². The third kappa shape index (κ3) is 5.41. The highest BCUT2D eigenvalue weighted by Gasteiger charge is 2.28. The lowest BCUT2D eigenvalue weighted by molar-refractivity contribution is 0.250. The molecule has 5 nitrogen and oxygen atoms in total. The molecule has 3 N–H and O–H groups in total. The summed E-state index contributed by atoms with van der Waals surface area (Å²) in [5, 5.41) is 4.35. The van der Waals surface area contributed by atoms with Gasteiger partial charge in [0.25, 0.3) is 0 Å². The average Bonchev–Trinajstić information content (AvgIpc) is 3.16. The van der Waals surface area contributed by atoms with Crippen molar-refractivity contribution in [2.45, 2.75) is 19.0 Å². The highest BCUT2D eigenvalue weighted by Crippen LogP contribution is 2.28. The number of hydrogen-bond donors (Lipinski definition) is 2. The van der Waals surface area contributed by atoms with Crippen LogP contribution >= 0.6 is 23.8 Å². The number of nitrogens with zero attached hydrogens (tertiary/aromatic N) is 3. The van der Waals surface area contributed by atoms with Crippen molar-refractivity contribution in [2.24, 2.45) is 10.8 Å². The zero-order valence-corrected chi connectivity index (χ0v) is 17.5.